The average molecular weight is 259 g/mol. The molecule has 0 bridgehead atoms. The van der Waals surface area contributed by atoms with Gasteiger partial charge in [-0.15, -0.1) is 0 Å². The third-order valence-corrected chi connectivity index (χ3v) is 2.69. The van der Waals surface area contributed by atoms with E-state index in [0.717, 1.165) is 11.6 Å². The lowest BCUT2D eigenvalue weighted by molar-refractivity contribution is -0.117. The lowest BCUT2D eigenvalue weighted by Crippen LogP contribution is -2.38. The third-order valence-electron chi connectivity index (χ3n) is 2.69. The van der Waals surface area contributed by atoms with Crippen molar-refractivity contribution < 1.29 is 14.7 Å². The summed E-state index contributed by atoms with van der Waals surface area (Å²) in [5.41, 5.74) is 1.29. The van der Waals surface area contributed by atoms with Crippen LogP contribution < -0.4 is 5.32 Å². The Hall–Kier alpha value is -2.20. The smallest absolute Gasteiger partial charge is 0.243 e. The van der Waals surface area contributed by atoms with Crippen LogP contribution in [0.2, 0.25) is 0 Å². The van der Waals surface area contributed by atoms with Gasteiger partial charge < -0.3 is 10.4 Å². The Morgan fingerprint density at radius 3 is 2.53 bits per heavy atom. The van der Waals surface area contributed by atoms with Crippen LogP contribution in [-0.4, -0.2) is 29.4 Å². The van der Waals surface area contributed by atoms with Crippen LogP contribution >= 0.6 is 0 Å². The van der Waals surface area contributed by atoms with E-state index in [1.807, 2.05) is 0 Å². The number of benzene rings is 1. The highest BCUT2D eigenvalue weighted by Crippen LogP contribution is 2.12. The number of carbonyl (C=O) groups excluding carboxylic acids is 2. The summed E-state index contributed by atoms with van der Waals surface area (Å²) in [4.78, 5) is 22.9. The summed E-state index contributed by atoms with van der Waals surface area (Å²) in [5, 5.41) is 11.9. The minimum atomic E-state index is -0.454. The number of allylic oxidation sites excluding steroid dienone is 1. The molecule has 1 aromatic rings. The van der Waals surface area contributed by atoms with Gasteiger partial charge in [0.25, 0.3) is 0 Å². The highest BCUT2D eigenvalue weighted by atomic mass is 16.3. The highest BCUT2D eigenvalue weighted by Gasteiger charge is 2.14. The second-order valence-corrected chi connectivity index (χ2v) is 4.02. The maximum Gasteiger partial charge on any atom is 0.243 e. The number of hydrogen-bond donors (Lipinski definition) is 2. The van der Waals surface area contributed by atoms with E-state index in [4.69, 9.17) is 0 Å². The monoisotopic (exact) mass is 259 g/mol. The van der Waals surface area contributed by atoms with Crippen molar-refractivity contribution in [3.8, 4) is 0 Å². The van der Waals surface area contributed by atoms with Crippen molar-refractivity contribution in [2.75, 3.05) is 6.61 Å². The Balaban J connectivity index is 2.90. The van der Waals surface area contributed by atoms with E-state index in [1.54, 1.807) is 24.3 Å². The van der Waals surface area contributed by atoms with Crippen LogP contribution in [-0.2, 0) is 11.2 Å². The van der Waals surface area contributed by atoms with Crippen molar-refractivity contribution >= 4 is 11.7 Å². The quantitative estimate of drug-likeness (QED) is 0.572. The second kappa shape index (κ2) is 7.28. The number of rotatable bonds is 7. The molecule has 1 rings (SSSR count). The zero-order chi connectivity index (χ0) is 14.3. The molecule has 0 aliphatic carbocycles. The van der Waals surface area contributed by atoms with Gasteiger partial charge in [0, 0.05) is 5.56 Å². The zero-order valence-corrected chi connectivity index (χ0v) is 10.6. The van der Waals surface area contributed by atoms with E-state index in [9.17, 15) is 14.7 Å². The van der Waals surface area contributed by atoms with Crippen LogP contribution in [0.3, 0.4) is 0 Å². The molecule has 4 heteroatoms. The van der Waals surface area contributed by atoms with Crippen molar-refractivity contribution in [3.63, 3.8) is 0 Å². The molecule has 100 valence electrons. The summed E-state index contributed by atoms with van der Waals surface area (Å²) >= 11 is 0. The molecule has 1 amide bonds. The predicted octanol–water partition coefficient (Wildman–Crippen LogP) is 1.26. The molecule has 1 atom stereocenters. The first-order valence-electron chi connectivity index (χ1n) is 5.90. The first-order valence-corrected chi connectivity index (χ1v) is 5.90. The fraction of sp³-hybridized carbons (Fsp3) is 0.200. The van der Waals surface area contributed by atoms with Gasteiger partial charge >= 0.3 is 0 Å². The minimum absolute atomic E-state index is 0.178. The summed E-state index contributed by atoms with van der Waals surface area (Å²) in [5.74, 6) is -0.533. The molecule has 0 heterocycles. The SMILES string of the molecule is C=CC(=O)N[C@H](CO)Cc1ccccc1C(=O)C=C. The molecular formula is C15H17NO3. The number of aliphatic hydroxyl groups is 1. The van der Waals surface area contributed by atoms with E-state index in [1.165, 1.54) is 6.08 Å². The molecular weight excluding hydrogens is 242 g/mol. The van der Waals surface area contributed by atoms with Gasteiger partial charge in [0.15, 0.2) is 5.78 Å². The Labute approximate surface area is 112 Å². The standard InChI is InChI=1S/C15H17NO3/c1-3-14(18)13-8-6-5-7-11(13)9-12(10-17)16-15(19)4-2/h3-8,12,17H,1-2,9-10H2,(H,16,19)/t12-/m0/s1. The maximum atomic E-state index is 11.7. The van der Waals surface area contributed by atoms with Gasteiger partial charge in [-0.2, -0.15) is 0 Å². The van der Waals surface area contributed by atoms with Crippen molar-refractivity contribution in [3.05, 3.63) is 60.7 Å². The molecule has 19 heavy (non-hydrogen) atoms. The lowest BCUT2D eigenvalue weighted by atomic mass is 9.97. The van der Waals surface area contributed by atoms with E-state index >= 15 is 0 Å². The Bertz CT molecular complexity index is 494. The normalized spacial score (nSPS) is 11.4. The van der Waals surface area contributed by atoms with Crippen molar-refractivity contribution in [2.24, 2.45) is 0 Å². The molecule has 2 N–H and O–H groups in total. The molecule has 0 radical (unpaired) electrons. The van der Waals surface area contributed by atoms with Crippen LogP contribution in [0.5, 0.6) is 0 Å². The maximum absolute atomic E-state index is 11.7. The molecule has 0 aliphatic heterocycles. The molecule has 0 saturated carbocycles. The van der Waals surface area contributed by atoms with Gasteiger partial charge in [-0.05, 0) is 24.1 Å². The van der Waals surface area contributed by atoms with Crippen LogP contribution in [0.15, 0.2) is 49.6 Å². The molecule has 0 aliphatic rings. The largest absolute Gasteiger partial charge is 0.394 e. The summed E-state index contributed by atoms with van der Waals surface area (Å²) in [6.07, 6.45) is 2.75. The molecule has 0 unspecified atom stereocenters. The Kier molecular flexibility index (Phi) is 5.70. The minimum Gasteiger partial charge on any atom is -0.394 e. The summed E-state index contributed by atoms with van der Waals surface area (Å²) in [7, 11) is 0. The average Bonchev–Trinajstić information content (AvgIpc) is 2.45. The summed E-state index contributed by atoms with van der Waals surface area (Å²) < 4.78 is 0. The first-order chi connectivity index (χ1) is 9.12. The zero-order valence-electron chi connectivity index (χ0n) is 10.6. The Morgan fingerprint density at radius 2 is 1.95 bits per heavy atom. The van der Waals surface area contributed by atoms with Crippen LogP contribution in [0.4, 0.5) is 0 Å². The van der Waals surface area contributed by atoms with Gasteiger partial charge in [-0.1, -0.05) is 37.4 Å². The fourth-order valence-electron chi connectivity index (χ4n) is 1.74. The molecule has 0 aromatic heterocycles. The van der Waals surface area contributed by atoms with E-state index in [-0.39, 0.29) is 18.3 Å². The number of amides is 1. The first kappa shape index (κ1) is 14.9. The number of carbonyl (C=O) groups is 2. The van der Waals surface area contributed by atoms with Gasteiger partial charge in [0.05, 0.1) is 12.6 Å². The predicted molar refractivity (Wildman–Crippen MR) is 73.9 cm³/mol. The summed E-state index contributed by atoms with van der Waals surface area (Å²) in [6.45, 7) is 6.60. The van der Waals surface area contributed by atoms with Gasteiger partial charge in [-0.25, -0.2) is 0 Å². The van der Waals surface area contributed by atoms with Gasteiger partial charge in [0.1, 0.15) is 0 Å². The van der Waals surface area contributed by atoms with Crippen molar-refractivity contribution in [1.82, 2.24) is 5.32 Å². The molecule has 1 aromatic carbocycles. The third kappa shape index (κ3) is 4.19. The second-order valence-electron chi connectivity index (χ2n) is 4.02. The number of ketones is 1. The molecule has 4 nitrogen and oxygen atoms in total. The van der Waals surface area contributed by atoms with Crippen LogP contribution in [0.1, 0.15) is 15.9 Å². The highest BCUT2D eigenvalue weighted by molar-refractivity contribution is 6.05. The number of aliphatic hydroxyl groups excluding tert-OH is 1. The van der Waals surface area contributed by atoms with E-state index in [0.29, 0.717) is 12.0 Å². The fourth-order valence-corrected chi connectivity index (χ4v) is 1.74. The van der Waals surface area contributed by atoms with E-state index in [2.05, 4.69) is 18.5 Å². The topological polar surface area (TPSA) is 66.4 Å². The summed E-state index contributed by atoms with van der Waals surface area (Å²) in [6, 6.07) is 6.60. The molecule has 0 spiro atoms. The number of hydrogen-bond acceptors (Lipinski definition) is 3. The van der Waals surface area contributed by atoms with Crippen LogP contribution in [0, 0.1) is 0 Å². The van der Waals surface area contributed by atoms with Gasteiger partial charge in [-0.3, -0.25) is 9.59 Å². The number of nitrogens with one attached hydrogen (secondary N) is 1. The van der Waals surface area contributed by atoms with Crippen molar-refractivity contribution in [2.45, 2.75) is 12.5 Å². The lowest BCUT2D eigenvalue weighted by Gasteiger charge is -2.16. The van der Waals surface area contributed by atoms with Crippen LogP contribution in [0.25, 0.3) is 0 Å². The molecule has 0 fully saturated rings. The van der Waals surface area contributed by atoms with E-state index < -0.39 is 6.04 Å². The van der Waals surface area contributed by atoms with Crippen molar-refractivity contribution in [1.29, 1.82) is 0 Å². The Morgan fingerprint density at radius 1 is 1.26 bits per heavy atom. The van der Waals surface area contributed by atoms with Gasteiger partial charge in [0.2, 0.25) is 5.91 Å². The molecule has 0 saturated heterocycles.